The molecule has 0 aliphatic rings. The lowest BCUT2D eigenvalue weighted by molar-refractivity contribution is -0.113. The molecule has 1 heterocycles. The number of hydrogen-bond acceptors (Lipinski definition) is 3. The molecule has 0 atom stereocenters. The lowest BCUT2D eigenvalue weighted by atomic mass is 10.2. The van der Waals surface area contributed by atoms with Crippen molar-refractivity contribution in [2.45, 2.75) is 5.16 Å². The van der Waals surface area contributed by atoms with Crippen molar-refractivity contribution >= 4 is 35.0 Å². The first-order valence-electron chi connectivity index (χ1n) is 7.49. The molecule has 0 unspecified atom stereocenters. The van der Waals surface area contributed by atoms with Crippen LogP contribution in [0.4, 0.5) is 10.1 Å². The first-order chi connectivity index (χ1) is 12.0. The third kappa shape index (κ3) is 4.21. The van der Waals surface area contributed by atoms with Crippen LogP contribution in [0.3, 0.4) is 0 Å². The van der Waals surface area contributed by atoms with Crippen LogP contribution in [-0.4, -0.2) is 21.2 Å². The minimum atomic E-state index is -0.522. The Morgan fingerprint density at radius 3 is 2.80 bits per heavy atom. The summed E-state index contributed by atoms with van der Waals surface area (Å²) in [6, 6.07) is 13.9. The van der Waals surface area contributed by atoms with Crippen LogP contribution in [0.5, 0.6) is 0 Å². The van der Waals surface area contributed by atoms with Gasteiger partial charge < -0.3 is 9.88 Å². The van der Waals surface area contributed by atoms with Crippen molar-refractivity contribution in [1.82, 2.24) is 9.55 Å². The number of anilines is 1. The summed E-state index contributed by atoms with van der Waals surface area (Å²) in [6.45, 7) is 0. The molecule has 0 fully saturated rings. The van der Waals surface area contributed by atoms with E-state index in [0.29, 0.717) is 10.2 Å². The Balaban J connectivity index is 1.65. The fourth-order valence-corrected chi connectivity index (χ4v) is 3.24. The summed E-state index contributed by atoms with van der Waals surface area (Å²) in [5.41, 5.74) is 2.09. The highest BCUT2D eigenvalue weighted by molar-refractivity contribution is 7.99. The molecule has 7 heteroatoms. The number of imidazole rings is 1. The third-order valence-electron chi connectivity index (χ3n) is 3.55. The van der Waals surface area contributed by atoms with Gasteiger partial charge in [0, 0.05) is 12.1 Å². The zero-order chi connectivity index (χ0) is 17.8. The van der Waals surface area contributed by atoms with Crippen LogP contribution in [0.1, 0.15) is 0 Å². The van der Waals surface area contributed by atoms with Gasteiger partial charge in [0.15, 0.2) is 5.16 Å². The van der Waals surface area contributed by atoms with Gasteiger partial charge in [0.25, 0.3) is 0 Å². The van der Waals surface area contributed by atoms with Crippen molar-refractivity contribution in [3.63, 3.8) is 0 Å². The number of carbonyl (C=O) groups is 1. The van der Waals surface area contributed by atoms with E-state index in [1.54, 1.807) is 6.20 Å². The molecule has 2 aromatic carbocycles. The number of amides is 1. The van der Waals surface area contributed by atoms with Crippen LogP contribution in [0.2, 0.25) is 5.02 Å². The smallest absolute Gasteiger partial charge is 0.234 e. The minimum Gasteiger partial charge on any atom is -0.323 e. The second-order valence-electron chi connectivity index (χ2n) is 5.31. The summed E-state index contributed by atoms with van der Waals surface area (Å²) < 4.78 is 15.6. The maximum Gasteiger partial charge on any atom is 0.234 e. The van der Waals surface area contributed by atoms with Crippen LogP contribution < -0.4 is 5.32 Å². The number of benzene rings is 2. The number of carbonyl (C=O) groups excluding carboxylic acids is 1. The van der Waals surface area contributed by atoms with Gasteiger partial charge in [-0.05, 0) is 23.8 Å². The van der Waals surface area contributed by atoms with Gasteiger partial charge in [-0.15, -0.1) is 0 Å². The number of thioether (sulfide) groups is 1. The molecule has 0 aliphatic heterocycles. The van der Waals surface area contributed by atoms with Crippen LogP contribution in [0, 0.1) is 5.82 Å². The second kappa shape index (κ2) is 7.72. The van der Waals surface area contributed by atoms with Crippen LogP contribution in [-0.2, 0) is 11.8 Å². The molecule has 0 spiro atoms. The van der Waals surface area contributed by atoms with E-state index in [2.05, 4.69) is 10.3 Å². The molecule has 3 aromatic rings. The first kappa shape index (κ1) is 17.5. The molecule has 0 aliphatic carbocycles. The van der Waals surface area contributed by atoms with Crippen molar-refractivity contribution < 1.29 is 9.18 Å². The molecule has 25 heavy (non-hydrogen) atoms. The van der Waals surface area contributed by atoms with Crippen LogP contribution >= 0.6 is 23.4 Å². The van der Waals surface area contributed by atoms with E-state index in [0.717, 1.165) is 11.3 Å². The van der Waals surface area contributed by atoms with Crippen LogP contribution in [0.25, 0.3) is 11.3 Å². The molecule has 1 amide bonds. The largest absolute Gasteiger partial charge is 0.323 e. The number of nitrogens with zero attached hydrogens (tertiary/aromatic N) is 2. The monoisotopic (exact) mass is 375 g/mol. The predicted molar refractivity (Wildman–Crippen MR) is 99.4 cm³/mol. The molecule has 1 aromatic heterocycles. The van der Waals surface area contributed by atoms with E-state index in [4.69, 9.17) is 11.6 Å². The van der Waals surface area contributed by atoms with Crippen molar-refractivity contribution in [1.29, 1.82) is 0 Å². The lowest BCUT2D eigenvalue weighted by Gasteiger charge is -2.08. The summed E-state index contributed by atoms with van der Waals surface area (Å²) in [4.78, 5) is 16.4. The summed E-state index contributed by atoms with van der Waals surface area (Å²) >= 11 is 7.10. The molecule has 0 bridgehead atoms. The maximum absolute atomic E-state index is 13.7. The van der Waals surface area contributed by atoms with Gasteiger partial charge >= 0.3 is 0 Å². The molecular weight excluding hydrogens is 361 g/mol. The second-order valence-corrected chi connectivity index (χ2v) is 6.69. The van der Waals surface area contributed by atoms with Crippen molar-refractivity contribution in [3.05, 3.63) is 65.6 Å². The first-order valence-corrected chi connectivity index (χ1v) is 8.86. The minimum absolute atomic E-state index is 0.0721. The number of nitrogens with one attached hydrogen (secondary N) is 1. The molecule has 128 valence electrons. The van der Waals surface area contributed by atoms with E-state index in [9.17, 15) is 9.18 Å². The normalized spacial score (nSPS) is 10.7. The van der Waals surface area contributed by atoms with E-state index in [1.165, 1.54) is 30.0 Å². The van der Waals surface area contributed by atoms with Gasteiger partial charge in [0.1, 0.15) is 5.82 Å². The van der Waals surface area contributed by atoms with Gasteiger partial charge in [0.2, 0.25) is 5.91 Å². The van der Waals surface area contributed by atoms with Gasteiger partial charge in [-0.25, -0.2) is 9.37 Å². The fraction of sp³-hybridized carbons (Fsp3) is 0.111. The average molecular weight is 376 g/mol. The highest BCUT2D eigenvalue weighted by atomic mass is 35.5. The Kier molecular flexibility index (Phi) is 5.40. The third-order valence-corrected chi connectivity index (χ3v) is 4.83. The van der Waals surface area contributed by atoms with Crippen molar-refractivity contribution in [3.8, 4) is 11.3 Å². The molecule has 3 rings (SSSR count). The quantitative estimate of drug-likeness (QED) is 0.662. The molecule has 1 N–H and O–H groups in total. The van der Waals surface area contributed by atoms with Crippen molar-refractivity contribution in [2.24, 2.45) is 7.05 Å². The number of rotatable bonds is 5. The standard InChI is InChI=1S/C18H15ClFN3OS/c1-23-16(12-5-3-2-4-6-12)10-21-18(23)25-11-17(24)22-15-9-13(19)7-8-14(15)20/h2-10H,11H2,1H3,(H,22,24). The summed E-state index contributed by atoms with van der Waals surface area (Å²) in [6.07, 6.45) is 1.77. The highest BCUT2D eigenvalue weighted by Gasteiger charge is 2.12. The van der Waals surface area contributed by atoms with E-state index < -0.39 is 5.82 Å². The van der Waals surface area contributed by atoms with E-state index >= 15 is 0 Å². The molecule has 0 saturated heterocycles. The SMILES string of the molecule is Cn1c(-c2ccccc2)cnc1SCC(=O)Nc1cc(Cl)ccc1F. The van der Waals surface area contributed by atoms with Crippen molar-refractivity contribution in [2.75, 3.05) is 11.1 Å². The Hall–Kier alpha value is -2.31. The number of hydrogen-bond donors (Lipinski definition) is 1. The molecular formula is C18H15ClFN3OS. The maximum atomic E-state index is 13.7. The summed E-state index contributed by atoms with van der Waals surface area (Å²) in [5.74, 6) is -0.730. The molecule has 0 saturated carbocycles. The van der Waals surface area contributed by atoms with Gasteiger partial charge in [-0.2, -0.15) is 0 Å². The Bertz CT molecular complexity index is 899. The van der Waals surface area contributed by atoms with E-state index in [-0.39, 0.29) is 17.3 Å². The van der Waals surface area contributed by atoms with Gasteiger partial charge in [-0.1, -0.05) is 53.7 Å². The van der Waals surface area contributed by atoms with Gasteiger partial charge in [-0.3, -0.25) is 4.79 Å². The van der Waals surface area contributed by atoms with Gasteiger partial charge in [0.05, 0.1) is 23.3 Å². The summed E-state index contributed by atoms with van der Waals surface area (Å²) in [7, 11) is 1.90. The molecule has 4 nitrogen and oxygen atoms in total. The predicted octanol–water partition coefficient (Wildman–Crippen LogP) is 4.61. The van der Waals surface area contributed by atoms with E-state index in [1.807, 2.05) is 41.9 Å². The Labute approximate surface area is 154 Å². The fourth-order valence-electron chi connectivity index (χ4n) is 2.31. The Morgan fingerprint density at radius 1 is 1.28 bits per heavy atom. The number of halogens is 2. The number of aromatic nitrogens is 2. The molecule has 0 radical (unpaired) electrons. The topological polar surface area (TPSA) is 46.9 Å². The zero-order valence-corrected chi connectivity index (χ0v) is 14.9. The average Bonchev–Trinajstić information content (AvgIpc) is 2.98. The lowest BCUT2D eigenvalue weighted by Crippen LogP contribution is -2.15. The Morgan fingerprint density at radius 2 is 2.04 bits per heavy atom. The van der Waals surface area contributed by atoms with Crippen LogP contribution in [0.15, 0.2) is 59.9 Å². The summed E-state index contributed by atoms with van der Waals surface area (Å²) in [5, 5.41) is 3.59. The highest BCUT2D eigenvalue weighted by Crippen LogP contribution is 2.25. The zero-order valence-electron chi connectivity index (χ0n) is 13.4.